The van der Waals surface area contributed by atoms with Gasteiger partial charge in [-0.05, 0) is 134 Å². The number of aryl methyl sites for hydroxylation is 1. The first-order valence-corrected chi connectivity index (χ1v) is 23.5. The zero-order chi connectivity index (χ0) is 47.4. The van der Waals surface area contributed by atoms with E-state index in [1.54, 1.807) is 0 Å². The summed E-state index contributed by atoms with van der Waals surface area (Å²) in [6, 6.07) is 22.9. The second-order valence-corrected chi connectivity index (χ2v) is 19.7. The molecule has 0 aliphatic carbocycles. The first-order chi connectivity index (χ1) is 32.7. The zero-order valence-electron chi connectivity index (χ0n) is 38.7. The number of piperidine rings is 3. The molecule has 4 aliphatic rings. The smallest absolute Gasteiger partial charge is 0.315 e. The van der Waals surface area contributed by atoms with E-state index in [-0.39, 0.29) is 41.2 Å². The number of aromatic nitrogens is 4. The number of hydrogen-bond acceptors (Lipinski definition) is 11. The van der Waals surface area contributed by atoms with Crippen LogP contribution in [0.25, 0.3) is 33.3 Å². The molecule has 16 heteroatoms. The van der Waals surface area contributed by atoms with Crippen LogP contribution in [0, 0.1) is 18.7 Å². The average molecular weight is 920 g/mol. The molecule has 0 radical (unpaired) electrons. The molecule has 0 bridgehead atoms. The number of anilines is 1. The Morgan fingerprint density at radius 2 is 1.54 bits per heavy atom. The Bertz CT molecular complexity index is 2980. The lowest BCUT2D eigenvalue weighted by molar-refractivity contribution is -0.136. The van der Waals surface area contributed by atoms with E-state index < -0.39 is 41.4 Å². The Hall–Kier alpha value is -7.07. The molecule has 1 atom stereocenters. The number of rotatable bonds is 10. The fourth-order valence-electron chi connectivity index (χ4n) is 10.2. The van der Waals surface area contributed by atoms with Crippen LogP contribution in [0.5, 0.6) is 0 Å². The summed E-state index contributed by atoms with van der Waals surface area (Å²) in [6.45, 7) is 12.8. The van der Waals surface area contributed by atoms with Gasteiger partial charge in [0.25, 0.3) is 11.8 Å². The highest BCUT2D eigenvalue weighted by molar-refractivity contribution is 6.23. The van der Waals surface area contributed by atoms with Crippen LogP contribution in [-0.2, 0) is 21.5 Å². The number of imide groups is 2. The molecule has 2 aromatic heterocycles. The van der Waals surface area contributed by atoms with Crippen molar-refractivity contribution in [3.05, 3.63) is 118 Å². The maximum Gasteiger partial charge on any atom is 0.315 e. The van der Waals surface area contributed by atoms with Gasteiger partial charge in [-0.1, -0.05) is 56.3 Å². The van der Waals surface area contributed by atoms with Crippen molar-refractivity contribution in [2.75, 3.05) is 37.6 Å². The van der Waals surface area contributed by atoms with E-state index in [9.17, 15) is 24.0 Å². The van der Waals surface area contributed by atoms with Crippen LogP contribution in [0.15, 0.2) is 77.3 Å². The number of halogens is 1. The number of fused-ring (bicyclic) bond motifs is 2. The second-order valence-electron chi connectivity index (χ2n) is 19.7. The molecule has 10 rings (SSSR count). The summed E-state index contributed by atoms with van der Waals surface area (Å²) in [6.07, 6.45) is 3.73. The molecular formula is C52H54FN9O6. The number of benzene rings is 4. The first-order valence-electron chi connectivity index (χ1n) is 23.5. The minimum absolute atomic E-state index is 0.0279. The lowest BCUT2D eigenvalue weighted by Crippen LogP contribution is -2.54. The number of nitrogens with one attached hydrogen (secondary N) is 3. The topological polar surface area (TPSA) is 187 Å². The quantitative estimate of drug-likeness (QED) is 0.116. The summed E-state index contributed by atoms with van der Waals surface area (Å²) in [4.78, 5) is 73.5. The molecule has 0 saturated carbocycles. The number of likely N-dealkylation sites (tertiary alicyclic amines) is 1. The number of H-pyrrole nitrogens is 1. The largest absolute Gasteiger partial charge is 0.372 e. The summed E-state index contributed by atoms with van der Waals surface area (Å²) in [5.74, 6) is -2.45. The van der Waals surface area contributed by atoms with E-state index in [4.69, 9.17) is 9.62 Å². The van der Waals surface area contributed by atoms with Crippen molar-refractivity contribution >= 4 is 46.1 Å². The standard InChI is InChI=1S/C52H54FN9O6/c1-29-23-34(5-6-35(29)27-54-47(65)48-56-51(59-68-48)52(2,3)4)45-40-24-33(9-12-42(40)57-58-45)31-7-10-36(11-8-31)61-21-15-30(16-22-61)28-60-19-17-32(18-20-60)37-25-38-39(26-41(37)53)50(67)62(49(38)66)43-13-14-44(63)55-46(43)64/h5-12,23-26,30,32,43H,13-22,27-28H2,1-4H3,(H,54,65)(H,57,58)(H,55,63,64). The maximum atomic E-state index is 15.6. The molecule has 3 fully saturated rings. The predicted molar refractivity (Wildman–Crippen MR) is 252 cm³/mol. The van der Waals surface area contributed by atoms with Crippen LogP contribution >= 0.6 is 0 Å². The van der Waals surface area contributed by atoms with Gasteiger partial charge in [-0.25, -0.2) is 4.39 Å². The van der Waals surface area contributed by atoms with Gasteiger partial charge in [-0.15, -0.1) is 0 Å². The fraction of sp³-hybridized carbons (Fsp3) is 0.385. The average Bonchev–Trinajstić information content (AvgIpc) is 4.06. The first kappa shape index (κ1) is 44.7. The van der Waals surface area contributed by atoms with Crippen molar-refractivity contribution in [1.29, 1.82) is 0 Å². The summed E-state index contributed by atoms with van der Waals surface area (Å²) in [7, 11) is 0. The normalized spacial score (nSPS) is 18.7. The number of aromatic amines is 1. The van der Waals surface area contributed by atoms with Crippen LogP contribution in [0.4, 0.5) is 10.1 Å². The van der Waals surface area contributed by atoms with Crippen LogP contribution in [0.3, 0.4) is 0 Å². The molecule has 6 aromatic rings. The predicted octanol–water partition coefficient (Wildman–Crippen LogP) is 7.45. The molecule has 3 saturated heterocycles. The number of carbonyl (C=O) groups excluding carboxylic acids is 5. The highest BCUT2D eigenvalue weighted by atomic mass is 19.1. The van der Waals surface area contributed by atoms with Crippen molar-refractivity contribution in [3.8, 4) is 22.4 Å². The van der Waals surface area contributed by atoms with Crippen molar-refractivity contribution in [2.45, 2.75) is 90.1 Å². The van der Waals surface area contributed by atoms with Gasteiger partial charge < -0.3 is 19.6 Å². The summed E-state index contributed by atoms with van der Waals surface area (Å²) in [5, 5.41) is 18.0. The van der Waals surface area contributed by atoms with Crippen LogP contribution in [0.1, 0.15) is 119 Å². The van der Waals surface area contributed by atoms with Gasteiger partial charge in [0.05, 0.1) is 22.3 Å². The summed E-state index contributed by atoms with van der Waals surface area (Å²) in [5.41, 5.74) is 8.40. The van der Waals surface area contributed by atoms with Gasteiger partial charge >= 0.3 is 11.8 Å². The lowest BCUT2D eigenvalue weighted by Gasteiger charge is -2.38. The Kier molecular flexibility index (Phi) is 11.8. The minimum atomic E-state index is -1.08. The highest BCUT2D eigenvalue weighted by Crippen LogP contribution is 2.37. The van der Waals surface area contributed by atoms with E-state index >= 15 is 4.39 Å². The molecule has 4 aromatic carbocycles. The lowest BCUT2D eigenvalue weighted by atomic mass is 9.86. The van der Waals surface area contributed by atoms with E-state index in [1.807, 2.05) is 39.8 Å². The number of carbonyl (C=O) groups is 5. The van der Waals surface area contributed by atoms with Crippen molar-refractivity contribution < 1.29 is 32.9 Å². The third-order valence-electron chi connectivity index (χ3n) is 14.2. The third-order valence-corrected chi connectivity index (χ3v) is 14.2. The monoisotopic (exact) mass is 919 g/mol. The van der Waals surface area contributed by atoms with Crippen molar-refractivity contribution in [3.63, 3.8) is 0 Å². The van der Waals surface area contributed by atoms with Gasteiger partial charge in [0.15, 0.2) is 5.82 Å². The van der Waals surface area contributed by atoms with Gasteiger partial charge in [-0.2, -0.15) is 10.1 Å². The van der Waals surface area contributed by atoms with E-state index in [2.05, 4.69) is 84.2 Å². The molecule has 1 unspecified atom stereocenters. The maximum absolute atomic E-state index is 15.6. The van der Waals surface area contributed by atoms with E-state index in [0.717, 1.165) is 114 Å². The Morgan fingerprint density at radius 3 is 2.24 bits per heavy atom. The molecule has 15 nitrogen and oxygen atoms in total. The number of amides is 5. The molecule has 350 valence electrons. The van der Waals surface area contributed by atoms with Gasteiger partial charge in [0.1, 0.15) is 11.9 Å². The Labute approximate surface area is 392 Å². The molecule has 3 N–H and O–H groups in total. The zero-order valence-corrected chi connectivity index (χ0v) is 38.7. The summed E-state index contributed by atoms with van der Waals surface area (Å²) >= 11 is 0. The van der Waals surface area contributed by atoms with E-state index in [1.165, 1.54) is 11.8 Å². The van der Waals surface area contributed by atoms with Crippen LogP contribution in [-0.4, -0.2) is 98.4 Å². The molecule has 6 heterocycles. The van der Waals surface area contributed by atoms with Crippen LogP contribution < -0.4 is 15.5 Å². The molecule has 5 amide bonds. The SMILES string of the molecule is Cc1cc(-c2n[nH]c3ccc(-c4ccc(N5CCC(CN6CCC(c7cc8c(cc7F)C(=O)N(C7CCC(=O)NC7=O)C8=O)CC6)CC5)cc4)cc23)ccc1CNC(=O)c1nc(C(C)(C)C)no1. The van der Waals surface area contributed by atoms with E-state index in [0.29, 0.717) is 23.9 Å². The Balaban J connectivity index is 0.714. The summed E-state index contributed by atoms with van der Waals surface area (Å²) < 4.78 is 20.8. The van der Waals surface area contributed by atoms with Gasteiger partial charge in [-0.3, -0.25) is 39.3 Å². The van der Waals surface area contributed by atoms with Crippen molar-refractivity contribution in [2.24, 2.45) is 5.92 Å². The third kappa shape index (κ3) is 8.68. The fourth-order valence-corrected chi connectivity index (χ4v) is 10.2. The Morgan fingerprint density at radius 1 is 0.838 bits per heavy atom. The van der Waals surface area contributed by atoms with Gasteiger partial charge in [0.2, 0.25) is 11.8 Å². The number of nitrogens with zero attached hydrogens (tertiary/aromatic N) is 6. The second kappa shape index (κ2) is 17.9. The molecular weight excluding hydrogens is 866 g/mol. The molecule has 0 spiro atoms. The van der Waals surface area contributed by atoms with Gasteiger partial charge in [0, 0.05) is 54.7 Å². The molecule has 68 heavy (non-hydrogen) atoms. The van der Waals surface area contributed by atoms with Crippen LogP contribution in [0.2, 0.25) is 0 Å². The minimum Gasteiger partial charge on any atom is -0.372 e. The molecule has 4 aliphatic heterocycles. The number of hydrogen-bond donors (Lipinski definition) is 3. The highest BCUT2D eigenvalue weighted by Gasteiger charge is 2.45. The van der Waals surface area contributed by atoms with Crippen molar-refractivity contribution in [1.82, 2.24) is 40.8 Å².